The highest BCUT2D eigenvalue weighted by molar-refractivity contribution is 7.98. The van der Waals surface area contributed by atoms with Gasteiger partial charge in [-0.25, -0.2) is 4.98 Å². The van der Waals surface area contributed by atoms with Crippen molar-refractivity contribution in [1.29, 1.82) is 0 Å². The predicted molar refractivity (Wildman–Crippen MR) is 131 cm³/mol. The SMILES string of the molecule is Cc1ccc(Cl)cc1-n1c(SCc2nc(C(=O)NCCN(C)C)cs2)nnc1-c1ccco1. The molecule has 0 unspecified atom stereocenters. The van der Waals surface area contributed by atoms with Gasteiger partial charge in [0.25, 0.3) is 5.91 Å². The summed E-state index contributed by atoms with van der Waals surface area (Å²) >= 11 is 9.23. The number of benzene rings is 1. The summed E-state index contributed by atoms with van der Waals surface area (Å²) in [6.07, 6.45) is 1.60. The van der Waals surface area contributed by atoms with Crippen LogP contribution in [0.25, 0.3) is 17.3 Å². The first-order chi connectivity index (χ1) is 15.9. The first-order valence-corrected chi connectivity index (χ1v) is 12.4. The number of halogens is 1. The molecule has 11 heteroatoms. The molecule has 0 bridgehead atoms. The zero-order chi connectivity index (χ0) is 23.4. The van der Waals surface area contributed by atoms with Crippen LogP contribution in [0.5, 0.6) is 0 Å². The Balaban J connectivity index is 1.54. The van der Waals surface area contributed by atoms with E-state index in [9.17, 15) is 4.79 Å². The van der Waals surface area contributed by atoms with E-state index in [1.807, 2.05) is 60.8 Å². The van der Waals surface area contributed by atoms with Crippen molar-refractivity contribution in [3.05, 3.63) is 63.3 Å². The van der Waals surface area contributed by atoms with E-state index in [4.69, 9.17) is 16.0 Å². The van der Waals surface area contributed by atoms with Gasteiger partial charge < -0.3 is 14.6 Å². The Morgan fingerprint density at radius 3 is 2.91 bits per heavy atom. The van der Waals surface area contributed by atoms with Gasteiger partial charge in [-0.15, -0.1) is 21.5 Å². The summed E-state index contributed by atoms with van der Waals surface area (Å²) in [5.74, 6) is 1.58. The molecule has 0 spiro atoms. The maximum Gasteiger partial charge on any atom is 0.270 e. The third-order valence-corrected chi connectivity index (χ3v) is 6.95. The van der Waals surface area contributed by atoms with E-state index in [1.54, 1.807) is 11.6 Å². The fourth-order valence-corrected chi connectivity index (χ4v) is 4.96. The molecule has 4 aromatic rings. The van der Waals surface area contributed by atoms with Gasteiger partial charge in [-0.2, -0.15) is 0 Å². The average Bonchev–Trinajstić information content (AvgIpc) is 3.54. The highest BCUT2D eigenvalue weighted by Crippen LogP contribution is 2.32. The number of likely N-dealkylation sites (N-methyl/N-ethyl adjacent to an activating group) is 1. The molecule has 172 valence electrons. The van der Waals surface area contributed by atoms with Crippen LogP contribution in [-0.2, 0) is 5.75 Å². The van der Waals surface area contributed by atoms with Crippen LogP contribution in [0.3, 0.4) is 0 Å². The summed E-state index contributed by atoms with van der Waals surface area (Å²) in [7, 11) is 3.93. The molecule has 1 N–H and O–H groups in total. The zero-order valence-electron chi connectivity index (χ0n) is 18.4. The molecule has 0 atom stereocenters. The van der Waals surface area contributed by atoms with Crippen LogP contribution < -0.4 is 5.32 Å². The van der Waals surface area contributed by atoms with Gasteiger partial charge in [-0.1, -0.05) is 29.4 Å². The second-order valence-corrected chi connectivity index (χ2v) is 9.85. The average molecular weight is 503 g/mol. The molecule has 33 heavy (non-hydrogen) atoms. The maximum atomic E-state index is 12.3. The predicted octanol–water partition coefficient (Wildman–Crippen LogP) is 4.53. The number of thiazole rings is 1. The van der Waals surface area contributed by atoms with Gasteiger partial charge in [0.05, 0.1) is 17.7 Å². The third-order valence-electron chi connectivity index (χ3n) is 4.74. The summed E-state index contributed by atoms with van der Waals surface area (Å²) in [6, 6.07) is 9.35. The van der Waals surface area contributed by atoms with Crippen LogP contribution in [0.1, 0.15) is 21.1 Å². The number of carbonyl (C=O) groups excluding carboxylic acids is 1. The van der Waals surface area contributed by atoms with E-state index < -0.39 is 0 Å². The van der Waals surface area contributed by atoms with Crippen molar-refractivity contribution in [2.24, 2.45) is 0 Å². The van der Waals surface area contributed by atoms with Crippen molar-refractivity contribution in [3.8, 4) is 17.3 Å². The lowest BCUT2D eigenvalue weighted by molar-refractivity contribution is 0.0946. The Kier molecular flexibility index (Phi) is 7.49. The van der Waals surface area contributed by atoms with E-state index in [1.165, 1.54) is 23.1 Å². The standard InChI is InChI=1S/C22H23ClN6O2S2/c1-14-6-7-15(23)11-17(14)29-20(18-5-4-10-31-18)26-27-22(29)33-13-19-25-16(12-32-19)21(30)24-8-9-28(2)3/h4-7,10-12H,8-9,13H2,1-3H3,(H,24,30). The molecule has 1 amide bonds. The number of nitrogens with zero attached hydrogens (tertiary/aromatic N) is 5. The molecule has 3 aromatic heterocycles. The number of carbonyl (C=O) groups is 1. The van der Waals surface area contributed by atoms with E-state index >= 15 is 0 Å². The minimum atomic E-state index is -0.165. The van der Waals surface area contributed by atoms with Gasteiger partial charge in [0, 0.05) is 23.5 Å². The minimum Gasteiger partial charge on any atom is -0.461 e. The van der Waals surface area contributed by atoms with Gasteiger partial charge in [-0.3, -0.25) is 9.36 Å². The first-order valence-electron chi connectivity index (χ1n) is 10.2. The van der Waals surface area contributed by atoms with Crippen LogP contribution >= 0.6 is 34.7 Å². The highest BCUT2D eigenvalue weighted by Gasteiger charge is 2.20. The number of hydrogen-bond acceptors (Lipinski definition) is 8. The molecule has 1 aromatic carbocycles. The monoisotopic (exact) mass is 502 g/mol. The van der Waals surface area contributed by atoms with E-state index in [0.29, 0.717) is 39.8 Å². The second-order valence-electron chi connectivity index (χ2n) is 7.52. The first kappa shape index (κ1) is 23.5. The highest BCUT2D eigenvalue weighted by atomic mass is 35.5. The Morgan fingerprint density at radius 2 is 2.15 bits per heavy atom. The molecule has 0 aliphatic heterocycles. The molecule has 3 heterocycles. The Morgan fingerprint density at radius 1 is 1.30 bits per heavy atom. The van der Waals surface area contributed by atoms with Crippen LogP contribution in [0.4, 0.5) is 0 Å². The quantitative estimate of drug-likeness (QED) is 0.336. The summed E-state index contributed by atoms with van der Waals surface area (Å²) < 4.78 is 7.52. The Labute approximate surface area is 205 Å². The molecule has 8 nitrogen and oxygen atoms in total. The fourth-order valence-electron chi connectivity index (χ4n) is 3.06. The number of rotatable bonds is 9. The van der Waals surface area contributed by atoms with Gasteiger partial charge in [0.1, 0.15) is 10.7 Å². The topological polar surface area (TPSA) is 89.1 Å². The van der Waals surface area contributed by atoms with E-state index in [0.717, 1.165) is 22.8 Å². The normalized spacial score (nSPS) is 11.3. The van der Waals surface area contributed by atoms with Crippen molar-refractivity contribution >= 4 is 40.6 Å². The van der Waals surface area contributed by atoms with Crippen LogP contribution in [0.15, 0.2) is 51.5 Å². The van der Waals surface area contributed by atoms with Crippen molar-refractivity contribution < 1.29 is 9.21 Å². The fraction of sp³-hybridized carbons (Fsp3) is 0.273. The van der Waals surface area contributed by atoms with Crippen molar-refractivity contribution in [3.63, 3.8) is 0 Å². The van der Waals surface area contributed by atoms with Crippen molar-refractivity contribution in [1.82, 2.24) is 30.0 Å². The summed E-state index contributed by atoms with van der Waals surface area (Å²) in [4.78, 5) is 18.8. The van der Waals surface area contributed by atoms with Gasteiger partial charge >= 0.3 is 0 Å². The van der Waals surface area contributed by atoms with Gasteiger partial charge in [-0.05, 0) is 50.8 Å². The number of aromatic nitrogens is 4. The number of hydrogen-bond donors (Lipinski definition) is 1. The van der Waals surface area contributed by atoms with Crippen molar-refractivity contribution in [2.75, 3.05) is 27.2 Å². The lowest BCUT2D eigenvalue weighted by Crippen LogP contribution is -2.31. The molecule has 0 aliphatic rings. The van der Waals surface area contributed by atoms with E-state index in [2.05, 4.69) is 20.5 Å². The summed E-state index contributed by atoms with van der Waals surface area (Å²) in [5, 5.41) is 15.6. The maximum absolute atomic E-state index is 12.3. The van der Waals surface area contributed by atoms with Crippen LogP contribution in [-0.4, -0.2) is 57.7 Å². The molecule has 0 saturated carbocycles. The molecule has 4 rings (SSSR count). The minimum absolute atomic E-state index is 0.165. The molecule has 0 fully saturated rings. The Bertz CT molecular complexity index is 1240. The number of furan rings is 1. The molecule has 0 aliphatic carbocycles. The summed E-state index contributed by atoms with van der Waals surface area (Å²) in [5.41, 5.74) is 2.33. The molecular weight excluding hydrogens is 480 g/mol. The number of nitrogens with one attached hydrogen (secondary N) is 1. The van der Waals surface area contributed by atoms with Crippen molar-refractivity contribution in [2.45, 2.75) is 17.8 Å². The lowest BCUT2D eigenvalue weighted by Gasteiger charge is -2.12. The van der Waals surface area contributed by atoms with Crippen LogP contribution in [0.2, 0.25) is 5.02 Å². The largest absolute Gasteiger partial charge is 0.461 e. The molecule has 0 saturated heterocycles. The third kappa shape index (κ3) is 5.64. The Hall–Kier alpha value is -2.66. The number of amides is 1. The molecular formula is C22H23ClN6O2S2. The number of thioether (sulfide) groups is 1. The number of aryl methyl sites for hydroxylation is 1. The van der Waals surface area contributed by atoms with Crippen LogP contribution in [0, 0.1) is 6.92 Å². The second kappa shape index (κ2) is 10.5. The van der Waals surface area contributed by atoms with Gasteiger partial charge in [0.2, 0.25) is 5.82 Å². The smallest absolute Gasteiger partial charge is 0.270 e. The van der Waals surface area contributed by atoms with E-state index in [-0.39, 0.29) is 5.91 Å². The summed E-state index contributed by atoms with van der Waals surface area (Å²) in [6.45, 7) is 3.36. The zero-order valence-corrected chi connectivity index (χ0v) is 20.8. The van der Waals surface area contributed by atoms with Gasteiger partial charge in [0.15, 0.2) is 10.9 Å². The lowest BCUT2D eigenvalue weighted by atomic mass is 10.2. The molecule has 0 radical (unpaired) electrons.